The van der Waals surface area contributed by atoms with E-state index in [1.165, 1.54) is 4.90 Å². The van der Waals surface area contributed by atoms with Crippen molar-refractivity contribution in [3.05, 3.63) is 84.1 Å². The molecule has 14 heteroatoms. The van der Waals surface area contributed by atoms with Gasteiger partial charge in [-0.3, -0.25) is 28.8 Å². The maximum Gasteiger partial charge on any atom is 0.303 e. The fourth-order valence-electron chi connectivity index (χ4n) is 6.52. The molecule has 0 spiro atoms. The largest absolute Gasteiger partial charge is 0.481 e. The zero-order valence-corrected chi connectivity index (χ0v) is 28.7. The van der Waals surface area contributed by atoms with Crippen molar-refractivity contribution in [1.29, 1.82) is 0 Å². The van der Waals surface area contributed by atoms with E-state index in [1.807, 2.05) is 66.7 Å². The number of benzene rings is 3. The van der Waals surface area contributed by atoms with Crippen molar-refractivity contribution in [1.82, 2.24) is 25.8 Å². The predicted octanol–water partition coefficient (Wildman–Crippen LogP) is 2.53. The molecule has 0 aliphatic carbocycles. The topological polar surface area (TPSA) is 204 Å². The maximum absolute atomic E-state index is 14.0. The number of hydrogen-bond acceptors (Lipinski definition) is 6. The number of nitrogens with one attached hydrogen (secondary N) is 4. The number of likely N-dealkylation sites (tertiary alicyclic amines) is 1. The molecule has 7 N–H and O–H groups in total. The van der Waals surface area contributed by atoms with Gasteiger partial charge in [-0.2, -0.15) is 0 Å². The lowest BCUT2D eigenvalue weighted by atomic mass is 9.97. The van der Waals surface area contributed by atoms with Crippen LogP contribution in [0.5, 0.6) is 0 Å². The van der Waals surface area contributed by atoms with Crippen molar-refractivity contribution >= 4 is 68.8 Å². The van der Waals surface area contributed by atoms with Crippen LogP contribution in [0.25, 0.3) is 21.7 Å². The molecule has 2 heterocycles. The van der Waals surface area contributed by atoms with Gasteiger partial charge in [0.1, 0.15) is 30.0 Å². The fourth-order valence-corrected chi connectivity index (χ4v) is 6.60. The molecular formula is C37H41ClN6O7. The van der Waals surface area contributed by atoms with E-state index in [9.17, 15) is 33.9 Å². The molecule has 0 radical (unpaired) electrons. The third-order valence-electron chi connectivity index (χ3n) is 9.14. The summed E-state index contributed by atoms with van der Waals surface area (Å²) < 4.78 is 0. The van der Waals surface area contributed by atoms with Gasteiger partial charge in [-0.15, -0.1) is 11.6 Å². The number of aromatic amines is 1. The average molecular weight is 717 g/mol. The molecule has 1 aromatic heterocycles. The number of carbonyl (C=O) groups excluding carboxylic acids is 5. The highest BCUT2D eigenvalue weighted by molar-refractivity contribution is 6.27. The number of carboxylic acid groups (broad SMARTS) is 1. The standard InChI is InChI=1S/C37H41ClN6O7/c38-20-32(45)41-28(14-15-33(46)47)37(51)44-16-6-5-11-31(44)36(50)43-30(18-22-12-13-23-7-1-2-8-24(23)17-22)35(49)42-29(34(39)48)19-25-21-40-27-10-4-3-9-26(25)27/h1-4,7-10,12-13,17,21,28-31,40H,5-6,11,14-16,18-20H2,(H2,39,48)(H,41,45)(H,42,49)(H,43,50)(H,46,47)/t28?,29?,30?,31-/m0/s1. The Labute approximate surface area is 299 Å². The Morgan fingerprint density at radius 1 is 0.882 bits per heavy atom. The summed E-state index contributed by atoms with van der Waals surface area (Å²) in [5.41, 5.74) is 8.16. The molecular weight excluding hydrogens is 676 g/mol. The van der Waals surface area contributed by atoms with Gasteiger partial charge in [0, 0.05) is 42.9 Å². The highest BCUT2D eigenvalue weighted by Crippen LogP contribution is 2.22. The first-order chi connectivity index (χ1) is 24.5. The SMILES string of the molecule is NC(=O)C(Cc1c[nH]c2ccccc12)NC(=O)C(Cc1ccc2ccccc2c1)NC(=O)[C@@H]1CCCCN1C(=O)C(CCC(=O)O)NC(=O)CCl. The number of aromatic nitrogens is 1. The number of carbonyl (C=O) groups is 6. The number of halogens is 1. The van der Waals surface area contributed by atoms with Crippen molar-refractivity contribution in [3.8, 4) is 0 Å². The van der Waals surface area contributed by atoms with Gasteiger partial charge in [-0.1, -0.05) is 60.7 Å². The molecule has 3 unspecified atom stereocenters. The van der Waals surface area contributed by atoms with Gasteiger partial charge in [0.15, 0.2) is 0 Å². The Morgan fingerprint density at radius 2 is 1.63 bits per heavy atom. The lowest BCUT2D eigenvalue weighted by Gasteiger charge is -2.37. The number of para-hydroxylation sites is 1. The van der Waals surface area contributed by atoms with Crippen molar-refractivity contribution in [2.24, 2.45) is 5.73 Å². The number of amides is 5. The molecule has 51 heavy (non-hydrogen) atoms. The van der Waals surface area contributed by atoms with Crippen LogP contribution in [0.1, 0.15) is 43.2 Å². The molecule has 0 bridgehead atoms. The second kappa shape index (κ2) is 17.0. The minimum atomic E-state index is -1.21. The van der Waals surface area contributed by atoms with Crippen molar-refractivity contribution in [2.75, 3.05) is 12.4 Å². The van der Waals surface area contributed by atoms with E-state index in [2.05, 4.69) is 20.9 Å². The van der Waals surface area contributed by atoms with Gasteiger partial charge in [0.05, 0.1) is 0 Å². The van der Waals surface area contributed by atoms with Crippen LogP contribution in [0.4, 0.5) is 0 Å². The summed E-state index contributed by atoms with van der Waals surface area (Å²) in [5.74, 6) is -4.83. The summed E-state index contributed by atoms with van der Waals surface area (Å²) in [6, 6.07) is 16.5. The van der Waals surface area contributed by atoms with E-state index in [4.69, 9.17) is 17.3 Å². The zero-order chi connectivity index (χ0) is 36.5. The van der Waals surface area contributed by atoms with E-state index in [1.54, 1.807) is 6.20 Å². The highest BCUT2D eigenvalue weighted by Gasteiger charge is 2.38. The zero-order valence-electron chi connectivity index (χ0n) is 27.9. The average Bonchev–Trinajstić information content (AvgIpc) is 3.54. The molecule has 1 saturated heterocycles. The first-order valence-electron chi connectivity index (χ1n) is 16.8. The molecule has 5 amide bonds. The molecule has 13 nitrogen and oxygen atoms in total. The summed E-state index contributed by atoms with van der Waals surface area (Å²) in [4.78, 5) is 82.4. The molecule has 4 atom stereocenters. The minimum absolute atomic E-state index is 0.0641. The minimum Gasteiger partial charge on any atom is -0.481 e. The molecule has 268 valence electrons. The smallest absolute Gasteiger partial charge is 0.303 e. The Bertz CT molecular complexity index is 1930. The second-order valence-corrected chi connectivity index (χ2v) is 13.0. The number of alkyl halides is 1. The van der Waals surface area contributed by atoms with Crippen LogP contribution < -0.4 is 21.7 Å². The van der Waals surface area contributed by atoms with Crippen LogP contribution in [0, 0.1) is 0 Å². The predicted molar refractivity (Wildman–Crippen MR) is 192 cm³/mol. The summed E-state index contributed by atoms with van der Waals surface area (Å²) >= 11 is 5.65. The number of piperidine rings is 1. The van der Waals surface area contributed by atoms with E-state index >= 15 is 0 Å². The van der Waals surface area contributed by atoms with Gasteiger partial charge in [-0.25, -0.2) is 0 Å². The second-order valence-electron chi connectivity index (χ2n) is 12.7. The molecule has 3 aromatic carbocycles. The van der Waals surface area contributed by atoms with E-state index in [0.717, 1.165) is 32.8 Å². The Kier molecular flexibility index (Phi) is 12.3. The van der Waals surface area contributed by atoms with E-state index in [-0.39, 0.29) is 32.2 Å². The quantitative estimate of drug-likeness (QED) is 0.101. The van der Waals surface area contributed by atoms with Crippen LogP contribution in [0.15, 0.2) is 72.9 Å². The van der Waals surface area contributed by atoms with Crippen molar-refractivity contribution in [2.45, 2.75) is 69.1 Å². The first-order valence-corrected chi connectivity index (χ1v) is 17.4. The molecule has 1 fully saturated rings. The van der Waals surface area contributed by atoms with Crippen molar-refractivity contribution < 1.29 is 33.9 Å². The van der Waals surface area contributed by atoms with Gasteiger partial charge < -0.3 is 36.7 Å². The summed E-state index contributed by atoms with van der Waals surface area (Å²) in [6.45, 7) is 0.188. The normalized spacial score (nSPS) is 16.2. The Balaban J connectivity index is 1.39. The number of primary amides is 1. The summed E-state index contributed by atoms with van der Waals surface area (Å²) in [6.07, 6.45) is 2.83. The van der Waals surface area contributed by atoms with Gasteiger partial charge in [0.2, 0.25) is 29.5 Å². The molecule has 0 saturated carbocycles. The molecule has 4 aromatic rings. The van der Waals surface area contributed by atoms with Crippen LogP contribution in [0.3, 0.4) is 0 Å². The van der Waals surface area contributed by atoms with E-state index < -0.39 is 72.0 Å². The third-order valence-corrected chi connectivity index (χ3v) is 9.38. The molecule has 5 rings (SSSR count). The van der Waals surface area contributed by atoms with Crippen LogP contribution >= 0.6 is 11.6 Å². The van der Waals surface area contributed by atoms with Gasteiger partial charge in [0.25, 0.3) is 0 Å². The Hall–Kier alpha value is -5.43. The first kappa shape index (κ1) is 36.8. The van der Waals surface area contributed by atoms with Crippen molar-refractivity contribution in [3.63, 3.8) is 0 Å². The molecule has 1 aliphatic rings. The number of H-pyrrole nitrogens is 1. The fraction of sp³-hybridized carbons (Fsp3) is 0.351. The summed E-state index contributed by atoms with van der Waals surface area (Å²) in [5, 5.41) is 20.1. The van der Waals surface area contributed by atoms with Gasteiger partial charge >= 0.3 is 5.97 Å². The number of hydrogen-bond donors (Lipinski definition) is 6. The van der Waals surface area contributed by atoms with Crippen LogP contribution in [-0.2, 0) is 41.6 Å². The lowest BCUT2D eigenvalue weighted by Crippen LogP contribution is -2.60. The number of carboxylic acids is 1. The third kappa shape index (κ3) is 9.43. The highest BCUT2D eigenvalue weighted by atomic mass is 35.5. The number of aliphatic carboxylic acids is 1. The van der Waals surface area contributed by atoms with Crippen LogP contribution in [0.2, 0.25) is 0 Å². The van der Waals surface area contributed by atoms with Gasteiger partial charge in [-0.05, 0) is 53.6 Å². The van der Waals surface area contributed by atoms with E-state index in [0.29, 0.717) is 12.8 Å². The number of nitrogens with zero attached hydrogens (tertiary/aromatic N) is 1. The number of fused-ring (bicyclic) bond motifs is 2. The lowest BCUT2D eigenvalue weighted by molar-refractivity contribution is -0.146. The molecule has 1 aliphatic heterocycles. The van der Waals surface area contributed by atoms with Crippen LogP contribution in [-0.4, -0.2) is 87.1 Å². The summed E-state index contributed by atoms with van der Waals surface area (Å²) in [7, 11) is 0. The Morgan fingerprint density at radius 3 is 2.37 bits per heavy atom. The maximum atomic E-state index is 14.0. The number of nitrogens with two attached hydrogens (primary N) is 1. The number of rotatable bonds is 15. The monoisotopic (exact) mass is 716 g/mol.